The minimum absolute atomic E-state index is 0.204. The molecule has 7 heteroatoms. The number of hydrogen-bond acceptors (Lipinski definition) is 3. The quantitative estimate of drug-likeness (QED) is 0.668. The van der Waals surface area contributed by atoms with Gasteiger partial charge in [-0.25, -0.2) is 0 Å². The van der Waals surface area contributed by atoms with Crippen LogP contribution in [0.25, 0.3) is 11.1 Å². The number of carbonyl (C=O) groups excluding carboxylic acids is 1. The Balaban J connectivity index is 2.72. The van der Waals surface area contributed by atoms with E-state index in [2.05, 4.69) is 4.52 Å². The molecule has 0 heterocycles. The van der Waals surface area contributed by atoms with Crippen molar-refractivity contribution >= 4 is 35.7 Å². The van der Waals surface area contributed by atoms with Crippen LogP contribution in [0.2, 0.25) is 0 Å². The zero-order valence-corrected chi connectivity index (χ0v) is 14.3. The monoisotopic (exact) mass is 326 g/mol. The fourth-order valence-electron chi connectivity index (χ4n) is 2.84. The summed E-state index contributed by atoms with van der Waals surface area (Å²) < 4.78 is 16.2. The molecular formula is C16H16LiO5P. The normalized spacial score (nSPS) is 11.4. The molecule has 0 radical (unpaired) electrons. The first-order valence-electron chi connectivity index (χ1n) is 7.08. The average molecular weight is 326 g/mol. The van der Waals surface area contributed by atoms with E-state index in [1.165, 1.54) is 0 Å². The predicted molar refractivity (Wildman–Crippen MR) is 88.9 cm³/mol. The number of phosphoric ester groups is 1. The molecule has 0 amide bonds. The molecule has 116 valence electrons. The number of rotatable bonds is 3. The first kappa shape index (κ1) is 18.0. The van der Waals surface area contributed by atoms with Gasteiger partial charge in [0.2, 0.25) is 0 Å². The summed E-state index contributed by atoms with van der Waals surface area (Å²) in [5.74, 6) is -1.01. The third-order valence-electron chi connectivity index (χ3n) is 4.09. The van der Waals surface area contributed by atoms with Crippen molar-refractivity contribution in [2.75, 3.05) is 0 Å². The molecule has 5 nitrogen and oxygen atoms in total. The minimum atomic E-state index is -4.89. The molecule has 0 aliphatic heterocycles. The third-order valence-corrected chi connectivity index (χ3v) is 4.50. The van der Waals surface area contributed by atoms with Gasteiger partial charge in [0.05, 0.1) is 0 Å². The van der Waals surface area contributed by atoms with Gasteiger partial charge in [-0.05, 0) is 0 Å². The molecule has 0 atom stereocenters. The standard InChI is InChI=1S/C16H16O5P.Li/c1-10-9-11(2)15(16(17)21-22(18,19)20)12(3)14(10)13-7-5-4-6-8-13;/h4-8H,1-3H3,(H2,18,19,20);. The summed E-state index contributed by atoms with van der Waals surface area (Å²) in [6.07, 6.45) is 0. The van der Waals surface area contributed by atoms with E-state index in [0.29, 0.717) is 11.1 Å². The van der Waals surface area contributed by atoms with Gasteiger partial charge in [-0.3, -0.25) is 0 Å². The van der Waals surface area contributed by atoms with Gasteiger partial charge >= 0.3 is 144 Å². The second-order valence-corrected chi connectivity index (χ2v) is 6.65. The summed E-state index contributed by atoms with van der Waals surface area (Å²) >= 11 is 1.88. The summed E-state index contributed by atoms with van der Waals surface area (Å²) in [5.41, 5.74) is 4.37. The van der Waals surface area contributed by atoms with Crippen LogP contribution in [0.15, 0.2) is 30.3 Å². The zero-order chi connectivity index (χ0) is 17.4. The van der Waals surface area contributed by atoms with E-state index < -0.39 is 13.8 Å². The molecule has 0 saturated heterocycles. The number of benzene rings is 2. The molecular weight excluding hydrogens is 310 g/mol. The molecule has 2 rings (SSSR count). The van der Waals surface area contributed by atoms with Gasteiger partial charge in [-0.15, -0.1) is 0 Å². The molecule has 0 unspecified atom stereocenters. The third kappa shape index (κ3) is 3.77. The first-order chi connectivity index (χ1) is 10.6. The fourth-order valence-corrected chi connectivity index (χ4v) is 3.15. The van der Waals surface area contributed by atoms with Gasteiger partial charge in [0, 0.05) is 0 Å². The maximum absolute atomic E-state index is 12.2. The molecule has 0 aliphatic rings. The Hall–Kier alpha value is -1.34. The SMILES string of the molecule is [Li][c]1c(C)c(C(=O)OP(=O)(O)O)c(C)c(-c2ccccc2)c1C. The Bertz CT molecular complexity index is 811. The van der Waals surface area contributed by atoms with Gasteiger partial charge in [-0.1, -0.05) is 0 Å². The van der Waals surface area contributed by atoms with Crippen LogP contribution in [0.1, 0.15) is 27.0 Å². The molecule has 0 spiro atoms. The number of phosphoric acid groups is 1. The van der Waals surface area contributed by atoms with Crippen LogP contribution in [0.3, 0.4) is 0 Å². The van der Waals surface area contributed by atoms with Gasteiger partial charge in [-0.2, -0.15) is 0 Å². The number of hydrogen-bond donors (Lipinski definition) is 2. The van der Waals surface area contributed by atoms with Crippen molar-refractivity contribution < 1.29 is 23.7 Å². The molecule has 0 aromatic heterocycles. The summed E-state index contributed by atoms with van der Waals surface area (Å²) in [6.45, 7) is 5.48. The predicted octanol–water partition coefficient (Wildman–Crippen LogP) is 2.32. The van der Waals surface area contributed by atoms with Crippen molar-refractivity contribution in [2.24, 2.45) is 0 Å². The van der Waals surface area contributed by atoms with E-state index in [1.807, 2.05) is 55.0 Å². The second-order valence-electron chi connectivity index (χ2n) is 5.49. The zero-order valence-electron chi connectivity index (χ0n) is 13.5. The van der Waals surface area contributed by atoms with Gasteiger partial charge in [0.25, 0.3) is 0 Å². The van der Waals surface area contributed by atoms with Crippen molar-refractivity contribution in [1.29, 1.82) is 0 Å². The van der Waals surface area contributed by atoms with E-state index >= 15 is 0 Å². The Morgan fingerprint density at radius 2 is 1.61 bits per heavy atom. The Morgan fingerprint density at radius 1 is 1.04 bits per heavy atom. The molecule has 0 saturated carbocycles. The topological polar surface area (TPSA) is 83.8 Å². The van der Waals surface area contributed by atoms with Crippen molar-refractivity contribution in [3.05, 3.63) is 52.6 Å². The molecule has 2 N–H and O–H groups in total. The van der Waals surface area contributed by atoms with E-state index in [4.69, 9.17) is 9.79 Å². The van der Waals surface area contributed by atoms with Gasteiger partial charge < -0.3 is 0 Å². The second kappa shape index (κ2) is 6.65. The number of carbonyl (C=O) groups is 1. The Morgan fingerprint density at radius 3 is 2.13 bits per heavy atom. The summed E-state index contributed by atoms with van der Waals surface area (Å²) in [5, 5.41) is 0. The molecule has 0 aliphatic carbocycles. The van der Waals surface area contributed by atoms with E-state index in [1.54, 1.807) is 13.8 Å². The van der Waals surface area contributed by atoms with Crippen molar-refractivity contribution in [3.8, 4) is 11.1 Å². The Labute approximate surface area is 144 Å². The average Bonchev–Trinajstić information content (AvgIpc) is 2.44. The van der Waals surface area contributed by atoms with Crippen LogP contribution < -0.4 is 4.24 Å². The summed E-state index contributed by atoms with van der Waals surface area (Å²) in [6, 6.07) is 9.57. The van der Waals surface area contributed by atoms with Crippen molar-refractivity contribution in [2.45, 2.75) is 20.8 Å². The van der Waals surface area contributed by atoms with Crippen LogP contribution in [-0.2, 0) is 9.09 Å². The van der Waals surface area contributed by atoms with Crippen LogP contribution in [0.5, 0.6) is 0 Å². The molecule has 23 heavy (non-hydrogen) atoms. The fraction of sp³-hybridized carbons (Fsp3) is 0.188. The molecule has 0 fully saturated rings. The van der Waals surface area contributed by atoms with Crippen LogP contribution in [0.4, 0.5) is 0 Å². The van der Waals surface area contributed by atoms with E-state index in [-0.39, 0.29) is 5.56 Å². The van der Waals surface area contributed by atoms with Crippen molar-refractivity contribution in [3.63, 3.8) is 0 Å². The van der Waals surface area contributed by atoms with Crippen LogP contribution in [0, 0.1) is 20.8 Å². The summed E-state index contributed by atoms with van der Waals surface area (Å²) in [4.78, 5) is 30.1. The van der Waals surface area contributed by atoms with Crippen LogP contribution in [-0.4, -0.2) is 33.5 Å². The van der Waals surface area contributed by atoms with Gasteiger partial charge in [0.1, 0.15) is 0 Å². The van der Waals surface area contributed by atoms with Crippen LogP contribution >= 0.6 is 7.82 Å². The molecule has 2 aromatic rings. The Kier molecular flexibility index (Phi) is 5.20. The van der Waals surface area contributed by atoms with E-state index in [0.717, 1.165) is 20.9 Å². The van der Waals surface area contributed by atoms with E-state index in [9.17, 15) is 9.36 Å². The molecule has 2 aromatic carbocycles. The molecule has 0 bridgehead atoms. The van der Waals surface area contributed by atoms with Gasteiger partial charge in [0.15, 0.2) is 0 Å². The first-order valence-corrected chi connectivity index (χ1v) is 8.61. The van der Waals surface area contributed by atoms with Crippen molar-refractivity contribution in [1.82, 2.24) is 0 Å². The maximum atomic E-state index is 12.2. The summed E-state index contributed by atoms with van der Waals surface area (Å²) in [7, 11) is -4.89.